The normalized spacial score (nSPS) is 11.8. The van der Waals surface area contributed by atoms with Crippen molar-refractivity contribution in [1.82, 2.24) is 28.7 Å². The molecule has 0 unspecified atom stereocenters. The third-order valence-electron chi connectivity index (χ3n) is 6.13. The Morgan fingerprint density at radius 3 is 1.62 bits per heavy atom. The monoisotopic (exact) mass is 421 g/mol. The maximum atomic E-state index is 6.04. The van der Waals surface area contributed by atoms with Gasteiger partial charge in [0.1, 0.15) is 17.5 Å². The molecule has 0 aliphatic carbocycles. The number of hydrogen-bond acceptors (Lipinski definition) is 4. The quantitative estimate of drug-likeness (QED) is 0.459. The van der Waals surface area contributed by atoms with Gasteiger partial charge in [-0.05, 0) is 36.4 Å². The number of aromatic nitrogens is 6. The average Bonchev–Trinajstić information content (AvgIpc) is 3.47. The van der Waals surface area contributed by atoms with Gasteiger partial charge in [-0.3, -0.25) is 0 Å². The molecular formula is C25H23N7. The molecule has 0 fully saturated rings. The van der Waals surface area contributed by atoms with E-state index in [1.165, 1.54) is 0 Å². The molecule has 7 nitrogen and oxygen atoms in total. The lowest BCUT2D eigenvalue weighted by atomic mass is 10.3. The zero-order valence-corrected chi connectivity index (χ0v) is 17.8. The maximum Gasteiger partial charge on any atom is 0.130 e. The summed E-state index contributed by atoms with van der Waals surface area (Å²) in [5, 5.41) is 0. The second-order valence-corrected chi connectivity index (χ2v) is 7.99. The minimum absolute atomic E-state index is 0.375. The average molecular weight is 422 g/mol. The standard InChI is InChI=1S/C25H23N7/c1-30-20-11-5-2-8-17(20)28-24(30)15-32-22-13-7-4-10-19(22)29-25(32)16-31-21-12-6-3-9-18(21)27-23(31)14-26/h2-13H,14-16,26H2,1H3. The highest BCUT2D eigenvalue weighted by Crippen LogP contribution is 2.23. The minimum atomic E-state index is 0.375. The molecule has 0 radical (unpaired) electrons. The van der Waals surface area contributed by atoms with E-state index >= 15 is 0 Å². The van der Waals surface area contributed by atoms with Crippen LogP contribution in [-0.4, -0.2) is 28.7 Å². The molecule has 0 amide bonds. The fourth-order valence-electron chi connectivity index (χ4n) is 4.50. The van der Waals surface area contributed by atoms with E-state index in [1.54, 1.807) is 0 Å². The van der Waals surface area contributed by atoms with E-state index in [4.69, 9.17) is 20.7 Å². The second-order valence-electron chi connectivity index (χ2n) is 7.99. The van der Waals surface area contributed by atoms with E-state index in [2.05, 4.69) is 57.1 Å². The van der Waals surface area contributed by atoms with Gasteiger partial charge in [0.25, 0.3) is 0 Å². The Hall–Kier alpha value is -3.97. The number of imidazole rings is 3. The highest BCUT2D eigenvalue weighted by atomic mass is 15.2. The van der Waals surface area contributed by atoms with Crippen LogP contribution in [0.1, 0.15) is 17.5 Å². The number of benzene rings is 3. The first kappa shape index (κ1) is 18.8. The van der Waals surface area contributed by atoms with Gasteiger partial charge in [0, 0.05) is 7.05 Å². The molecule has 3 heterocycles. The summed E-state index contributed by atoms with van der Waals surface area (Å²) in [4.78, 5) is 14.6. The molecule has 7 heteroatoms. The molecule has 158 valence electrons. The lowest BCUT2D eigenvalue weighted by molar-refractivity contribution is 0.639. The zero-order valence-electron chi connectivity index (χ0n) is 17.8. The molecule has 0 saturated heterocycles. The molecule has 3 aromatic carbocycles. The Morgan fingerprint density at radius 2 is 1.03 bits per heavy atom. The Bertz CT molecular complexity index is 1580. The number of para-hydroxylation sites is 6. The molecule has 0 aliphatic rings. The van der Waals surface area contributed by atoms with Crippen molar-refractivity contribution in [2.45, 2.75) is 19.6 Å². The topological polar surface area (TPSA) is 79.5 Å². The van der Waals surface area contributed by atoms with Gasteiger partial charge in [-0.2, -0.15) is 0 Å². The molecular weight excluding hydrogens is 398 g/mol. The molecule has 3 aromatic heterocycles. The molecule has 0 atom stereocenters. The Kier molecular flexibility index (Phi) is 4.29. The first-order valence-corrected chi connectivity index (χ1v) is 10.7. The van der Waals surface area contributed by atoms with Crippen LogP contribution >= 0.6 is 0 Å². The highest BCUT2D eigenvalue weighted by molar-refractivity contribution is 5.78. The molecule has 6 rings (SSSR count). The van der Waals surface area contributed by atoms with Gasteiger partial charge < -0.3 is 19.4 Å². The van der Waals surface area contributed by atoms with Crippen molar-refractivity contribution >= 4 is 33.1 Å². The summed E-state index contributed by atoms with van der Waals surface area (Å²) >= 11 is 0. The molecule has 6 aromatic rings. The summed E-state index contributed by atoms with van der Waals surface area (Å²) in [7, 11) is 2.07. The SMILES string of the molecule is Cn1c(Cn2c(Cn3c(CN)nc4ccccc43)nc3ccccc32)nc2ccccc21. The summed E-state index contributed by atoms with van der Waals surface area (Å²) in [6, 6.07) is 24.6. The molecule has 0 bridgehead atoms. The summed E-state index contributed by atoms with van der Waals surface area (Å²) in [6.07, 6.45) is 0. The van der Waals surface area contributed by atoms with Crippen LogP contribution in [0.3, 0.4) is 0 Å². The summed E-state index contributed by atoms with van der Waals surface area (Å²) in [5.41, 5.74) is 12.2. The van der Waals surface area contributed by atoms with Crippen LogP contribution in [0.5, 0.6) is 0 Å². The first-order chi connectivity index (χ1) is 15.7. The summed E-state index contributed by atoms with van der Waals surface area (Å²) in [6.45, 7) is 1.59. The van der Waals surface area contributed by atoms with Crippen LogP contribution in [0.2, 0.25) is 0 Å². The van der Waals surface area contributed by atoms with Crippen LogP contribution in [0, 0.1) is 0 Å². The lowest BCUT2D eigenvalue weighted by Crippen LogP contribution is -2.15. The van der Waals surface area contributed by atoms with Crippen LogP contribution in [-0.2, 0) is 26.7 Å². The van der Waals surface area contributed by atoms with Crippen molar-refractivity contribution in [3.63, 3.8) is 0 Å². The number of aryl methyl sites for hydroxylation is 1. The predicted molar refractivity (Wildman–Crippen MR) is 126 cm³/mol. The Morgan fingerprint density at radius 1 is 0.594 bits per heavy atom. The lowest BCUT2D eigenvalue weighted by Gasteiger charge is -2.12. The minimum Gasteiger partial charge on any atom is -0.330 e. The largest absolute Gasteiger partial charge is 0.330 e. The van der Waals surface area contributed by atoms with E-state index in [0.717, 1.165) is 50.6 Å². The molecule has 32 heavy (non-hydrogen) atoms. The van der Waals surface area contributed by atoms with Crippen molar-refractivity contribution in [1.29, 1.82) is 0 Å². The Balaban J connectivity index is 1.50. The van der Waals surface area contributed by atoms with Gasteiger partial charge in [0.05, 0.1) is 52.7 Å². The van der Waals surface area contributed by atoms with Gasteiger partial charge in [0.2, 0.25) is 0 Å². The number of nitrogens with zero attached hydrogens (tertiary/aromatic N) is 6. The van der Waals surface area contributed by atoms with Crippen molar-refractivity contribution < 1.29 is 0 Å². The summed E-state index contributed by atoms with van der Waals surface area (Å²) in [5.74, 6) is 2.80. The molecule has 0 saturated carbocycles. The second kappa shape index (κ2) is 7.32. The maximum absolute atomic E-state index is 6.04. The van der Waals surface area contributed by atoms with Crippen LogP contribution in [0.15, 0.2) is 72.8 Å². The van der Waals surface area contributed by atoms with Gasteiger partial charge in [-0.1, -0.05) is 36.4 Å². The van der Waals surface area contributed by atoms with Crippen molar-refractivity contribution in [3.8, 4) is 0 Å². The van der Waals surface area contributed by atoms with Gasteiger partial charge >= 0.3 is 0 Å². The molecule has 0 aliphatic heterocycles. The summed E-state index contributed by atoms with van der Waals surface area (Å²) < 4.78 is 6.58. The van der Waals surface area contributed by atoms with E-state index in [0.29, 0.717) is 19.6 Å². The van der Waals surface area contributed by atoms with E-state index in [-0.39, 0.29) is 0 Å². The smallest absolute Gasteiger partial charge is 0.130 e. The first-order valence-electron chi connectivity index (χ1n) is 10.7. The fraction of sp³-hybridized carbons (Fsp3) is 0.160. The zero-order chi connectivity index (χ0) is 21.7. The van der Waals surface area contributed by atoms with Crippen molar-refractivity contribution in [2.24, 2.45) is 12.8 Å². The molecule has 0 spiro atoms. The predicted octanol–water partition coefficient (Wildman–Crippen LogP) is 3.83. The number of rotatable bonds is 5. The molecule has 2 N–H and O–H groups in total. The number of hydrogen-bond donors (Lipinski definition) is 1. The van der Waals surface area contributed by atoms with E-state index in [9.17, 15) is 0 Å². The van der Waals surface area contributed by atoms with Crippen LogP contribution in [0.25, 0.3) is 33.1 Å². The van der Waals surface area contributed by atoms with Gasteiger partial charge in [0.15, 0.2) is 0 Å². The van der Waals surface area contributed by atoms with Crippen molar-refractivity contribution in [3.05, 3.63) is 90.3 Å². The van der Waals surface area contributed by atoms with Crippen molar-refractivity contribution in [2.75, 3.05) is 0 Å². The van der Waals surface area contributed by atoms with Gasteiger partial charge in [-0.15, -0.1) is 0 Å². The third kappa shape index (κ3) is 2.90. The van der Waals surface area contributed by atoms with E-state index in [1.807, 2.05) is 36.4 Å². The van der Waals surface area contributed by atoms with E-state index < -0.39 is 0 Å². The number of nitrogens with two attached hydrogens (primary N) is 1. The third-order valence-corrected chi connectivity index (χ3v) is 6.13. The van der Waals surface area contributed by atoms with Crippen LogP contribution < -0.4 is 5.73 Å². The van der Waals surface area contributed by atoms with Crippen LogP contribution in [0.4, 0.5) is 0 Å². The highest BCUT2D eigenvalue weighted by Gasteiger charge is 2.17. The van der Waals surface area contributed by atoms with Gasteiger partial charge in [-0.25, -0.2) is 15.0 Å². The fourth-order valence-corrected chi connectivity index (χ4v) is 4.50. The Labute approximate surface area is 184 Å². The number of fused-ring (bicyclic) bond motifs is 3.